The van der Waals surface area contributed by atoms with E-state index in [1.807, 2.05) is 29.3 Å². The first kappa shape index (κ1) is 9.68. The minimum absolute atomic E-state index is 0.0559. The van der Waals surface area contributed by atoms with Crippen LogP contribution < -0.4 is 10.2 Å². The maximum Gasteiger partial charge on any atom is 0.244 e. The van der Waals surface area contributed by atoms with E-state index >= 15 is 0 Å². The number of nitrogens with one attached hydrogen (secondary N) is 1. The van der Waals surface area contributed by atoms with Gasteiger partial charge in [0.15, 0.2) is 0 Å². The van der Waals surface area contributed by atoms with Crippen LogP contribution in [0, 0.1) is 0 Å². The summed E-state index contributed by atoms with van der Waals surface area (Å²) in [6, 6.07) is 3.93. The van der Waals surface area contributed by atoms with Gasteiger partial charge in [0.25, 0.3) is 0 Å². The molecule has 1 aliphatic rings. The van der Waals surface area contributed by atoms with E-state index in [-0.39, 0.29) is 11.9 Å². The van der Waals surface area contributed by atoms with Crippen molar-refractivity contribution in [1.29, 1.82) is 0 Å². The highest BCUT2D eigenvalue weighted by Crippen LogP contribution is 2.22. The van der Waals surface area contributed by atoms with Crippen molar-refractivity contribution >= 4 is 22.2 Å². The Bertz CT molecular complexity index is 310. The normalized spacial score (nSPS) is 23.6. The van der Waals surface area contributed by atoms with Crippen LogP contribution in [0.25, 0.3) is 0 Å². The summed E-state index contributed by atoms with van der Waals surface area (Å²) in [7, 11) is 0. The fraction of sp³-hybridized carbons (Fsp3) is 0.500. The lowest BCUT2D eigenvalue weighted by molar-refractivity contribution is -0.119. The molecule has 4 heteroatoms. The van der Waals surface area contributed by atoms with E-state index in [0.29, 0.717) is 0 Å². The van der Waals surface area contributed by atoms with Gasteiger partial charge in [0.1, 0.15) is 0 Å². The molecule has 2 heterocycles. The van der Waals surface area contributed by atoms with Gasteiger partial charge in [-0.3, -0.25) is 4.79 Å². The number of amides is 1. The number of nitrogens with zero attached hydrogens (tertiary/aromatic N) is 1. The van der Waals surface area contributed by atoms with Gasteiger partial charge in [0, 0.05) is 6.54 Å². The highest BCUT2D eigenvalue weighted by atomic mass is 32.1. The number of carbonyl (C=O) groups excluding carboxylic acids is 1. The first-order valence-corrected chi connectivity index (χ1v) is 5.75. The Morgan fingerprint density at radius 1 is 1.64 bits per heavy atom. The van der Waals surface area contributed by atoms with Gasteiger partial charge < -0.3 is 10.2 Å². The zero-order chi connectivity index (χ0) is 9.97. The number of hydrogen-bond donors (Lipinski definition) is 1. The molecule has 1 saturated heterocycles. The summed E-state index contributed by atoms with van der Waals surface area (Å²) in [4.78, 5) is 13.8. The predicted octanol–water partition coefficient (Wildman–Crippen LogP) is 1.46. The average Bonchev–Trinajstić information content (AvgIpc) is 2.64. The number of rotatable bonds is 1. The third-order valence-corrected chi connectivity index (χ3v) is 3.31. The molecule has 0 radical (unpaired) electrons. The van der Waals surface area contributed by atoms with Gasteiger partial charge in [-0.1, -0.05) is 0 Å². The molecule has 1 fully saturated rings. The molecule has 3 nitrogen and oxygen atoms in total. The summed E-state index contributed by atoms with van der Waals surface area (Å²) in [6.45, 7) is 3.68. The molecule has 76 valence electrons. The van der Waals surface area contributed by atoms with Crippen LogP contribution in [-0.2, 0) is 4.79 Å². The molecule has 0 aromatic carbocycles. The lowest BCUT2D eigenvalue weighted by Gasteiger charge is -2.20. The standard InChI is InChI=1S/C10H14N2OS/c1-8-10(13)12(6-3-5-11-8)9-4-2-7-14-9/h2,4,7-8,11H,3,5-6H2,1H3. The Morgan fingerprint density at radius 2 is 2.50 bits per heavy atom. The van der Waals surface area contributed by atoms with E-state index < -0.39 is 0 Å². The molecule has 14 heavy (non-hydrogen) atoms. The molecule has 0 saturated carbocycles. The second-order valence-electron chi connectivity index (χ2n) is 3.47. The Balaban J connectivity index is 2.20. The molecular weight excluding hydrogens is 196 g/mol. The second-order valence-corrected chi connectivity index (χ2v) is 4.40. The van der Waals surface area contributed by atoms with Gasteiger partial charge in [0.2, 0.25) is 5.91 Å². The van der Waals surface area contributed by atoms with Crippen LogP contribution in [0.3, 0.4) is 0 Å². The summed E-state index contributed by atoms with van der Waals surface area (Å²) in [5.41, 5.74) is 0. The van der Waals surface area contributed by atoms with E-state index in [2.05, 4.69) is 5.32 Å². The zero-order valence-corrected chi connectivity index (χ0v) is 9.01. The Kier molecular flexibility index (Phi) is 2.84. The number of anilines is 1. The summed E-state index contributed by atoms with van der Waals surface area (Å²) >= 11 is 1.62. The minimum atomic E-state index is -0.0559. The lowest BCUT2D eigenvalue weighted by atomic mass is 10.3. The smallest absolute Gasteiger partial charge is 0.244 e. The number of thiophene rings is 1. The van der Waals surface area contributed by atoms with Crippen LogP contribution in [0.5, 0.6) is 0 Å². The van der Waals surface area contributed by atoms with Crippen molar-refractivity contribution in [2.75, 3.05) is 18.0 Å². The molecule has 0 bridgehead atoms. The highest BCUT2D eigenvalue weighted by Gasteiger charge is 2.24. The van der Waals surface area contributed by atoms with Gasteiger partial charge in [-0.05, 0) is 37.4 Å². The average molecular weight is 210 g/mol. The van der Waals surface area contributed by atoms with E-state index in [4.69, 9.17) is 0 Å². The molecular formula is C10H14N2OS. The van der Waals surface area contributed by atoms with Gasteiger partial charge in [-0.2, -0.15) is 0 Å². The van der Waals surface area contributed by atoms with Crippen LogP contribution in [0.2, 0.25) is 0 Å². The van der Waals surface area contributed by atoms with Gasteiger partial charge in [-0.25, -0.2) is 0 Å². The number of hydrogen-bond acceptors (Lipinski definition) is 3. The second kappa shape index (κ2) is 4.11. The SMILES string of the molecule is CC1NCCCN(c2cccs2)C1=O. The van der Waals surface area contributed by atoms with Crippen molar-refractivity contribution in [2.45, 2.75) is 19.4 Å². The molecule has 1 unspecified atom stereocenters. The Morgan fingerprint density at radius 3 is 3.21 bits per heavy atom. The molecule has 0 spiro atoms. The Hall–Kier alpha value is -0.870. The molecule has 1 aromatic rings. The molecule has 2 rings (SSSR count). The van der Waals surface area contributed by atoms with Crippen LogP contribution >= 0.6 is 11.3 Å². The summed E-state index contributed by atoms with van der Waals surface area (Å²) < 4.78 is 0. The highest BCUT2D eigenvalue weighted by molar-refractivity contribution is 7.14. The summed E-state index contributed by atoms with van der Waals surface area (Å²) in [6.07, 6.45) is 1.02. The summed E-state index contributed by atoms with van der Waals surface area (Å²) in [5, 5.41) is 6.27. The van der Waals surface area contributed by atoms with Crippen LogP contribution in [0.1, 0.15) is 13.3 Å². The molecule has 1 aliphatic heterocycles. The molecule has 0 aliphatic carbocycles. The molecule has 1 amide bonds. The first-order chi connectivity index (χ1) is 6.79. The van der Waals surface area contributed by atoms with Crippen molar-refractivity contribution < 1.29 is 4.79 Å². The maximum atomic E-state index is 11.9. The van der Waals surface area contributed by atoms with Crippen molar-refractivity contribution in [3.05, 3.63) is 17.5 Å². The van der Waals surface area contributed by atoms with Gasteiger partial charge in [-0.15, -0.1) is 11.3 Å². The van der Waals surface area contributed by atoms with Crippen molar-refractivity contribution in [2.24, 2.45) is 0 Å². The molecule has 1 atom stereocenters. The maximum absolute atomic E-state index is 11.9. The van der Waals surface area contributed by atoms with E-state index in [9.17, 15) is 4.79 Å². The van der Waals surface area contributed by atoms with E-state index in [0.717, 1.165) is 24.5 Å². The van der Waals surface area contributed by atoms with Crippen LogP contribution in [0.15, 0.2) is 17.5 Å². The quantitative estimate of drug-likeness (QED) is 0.761. The number of carbonyl (C=O) groups is 1. The van der Waals surface area contributed by atoms with Crippen LogP contribution in [0.4, 0.5) is 5.00 Å². The monoisotopic (exact) mass is 210 g/mol. The van der Waals surface area contributed by atoms with Crippen molar-refractivity contribution in [1.82, 2.24) is 5.32 Å². The van der Waals surface area contributed by atoms with Crippen molar-refractivity contribution in [3.63, 3.8) is 0 Å². The van der Waals surface area contributed by atoms with Gasteiger partial charge >= 0.3 is 0 Å². The minimum Gasteiger partial charge on any atom is -0.306 e. The topological polar surface area (TPSA) is 32.3 Å². The fourth-order valence-corrected chi connectivity index (χ4v) is 2.39. The van der Waals surface area contributed by atoms with Crippen molar-refractivity contribution in [3.8, 4) is 0 Å². The zero-order valence-electron chi connectivity index (χ0n) is 8.19. The lowest BCUT2D eigenvalue weighted by Crippen LogP contribution is -2.41. The first-order valence-electron chi connectivity index (χ1n) is 4.87. The Labute approximate surface area is 87.7 Å². The van der Waals surface area contributed by atoms with E-state index in [1.54, 1.807) is 11.3 Å². The largest absolute Gasteiger partial charge is 0.306 e. The van der Waals surface area contributed by atoms with Crippen LogP contribution in [-0.4, -0.2) is 25.0 Å². The predicted molar refractivity (Wildman–Crippen MR) is 58.8 cm³/mol. The summed E-state index contributed by atoms with van der Waals surface area (Å²) in [5.74, 6) is 0.185. The molecule has 1 aromatic heterocycles. The van der Waals surface area contributed by atoms with E-state index in [1.165, 1.54) is 0 Å². The molecule has 1 N–H and O–H groups in total. The fourth-order valence-electron chi connectivity index (χ4n) is 1.63. The van der Waals surface area contributed by atoms with Gasteiger partial charge in [0.05, 0.1) is 11.0 Å². The third-order valence-electron chi connectivity index (χ3n) is 2.42. The third kappa shape index (κ3) is 1.81.